The molecule has 0 aliphatic rings. The molecule has 3 heteroatoms. The highest BCUT2D eigenvalue weighted by molar-refractivity contribution is 5.99. The lowest BCUT2D eigenvalue weighted by Crippen LogP contribution is -2.14. The van der Waals surface area contributed by atoms with Gasteiger partial charge in [-0.05, 0) is 38.3 Å². The molecule has 0 saturated carbocycles. The van der Waals surface area contributed by atoms with Gasteiger partial charge in [-0.3, -0.25) is 4.79 Å². The fourth-order valence-electron chi connectivity index (χ4n) is 1.88. The average Bonchev–Trinajstić information content (AvgIpc) is 2.15. The van der Waals surface area contributed by atoms with Gasteiger partial charge in [0.15, 0.2) is 5.78 Å². The van der Waals surface area contributed by atoms with Gasteiger partial charge in [-0.2, -0.15) is 0 Å². The zero-order chi connectivity index (χ0) is 13.0. The maximum atomic E-state index is 11.2. The molecule has 1 aromatic carbocycles. The van der Waals surface area contributed by atoms with Crippen molar-refractivity contribution in [1.82, 2.24) is 0 Å². The quantitative estimate of drug-likeness (QED) is 0.629. The van der Waals surface area contributed by atoms with Crippen LogP contribution in [0.2, 0.25) is 0 Å². The molecule has 0 fully saturated rings. The van der Waals surface area contributed by atoms with Gasteiger partial charge in [0.05, 0.1) is 6.10 Å². The topological polar surface area (TPSA) is 52.3 Å². The number of carbonyl (C=O) groups excluding carboxylic acids is 1. The summed E-state index contributed by atoms with van der Waals surface area (Å²) < 4.78 is 5.75. The number of ether oxygens (including phenoxy) is 1. The Bertz CT molecular complexity index is 399. The first-order valence-electron chi connectivity index (χ1n) is 5.97. The van der Waals surface area contributed by atoms with Crippen LogP contribution in [0.25, 0.3) is 0 Å². The van der Waals surface area contributed by atoms with Crippen LogP contribution in [0, 0.1) is 5.92 Å². The van der Waals surface area contributed by atoms with Gasteiger partial charge in [-0.15, -0.1) is 0 Å². The highest BCUT2D eigenvalue weighted by Gasteiger charge is 2.09. The summed E-state index contributed by atoms with van der Waals surface area (Å²) in [6.07, 6.45) is 1.14. The molecule has 1 unspecified atom stereocenters. The molecule has 0 aliphatic carbocycles. The van der Waals surface area contributed by atoms with Crippen LogP contribution in [-0.4, -0.2) is 11.9 Å². The largest absolute Gasteiger partial charge is 0.491 e. The Kier molecular flexibility index (Phi) is 4.55. The Hall–Kier alpha value is -1.51. The van der Waals surface area contributed by atoms with E-state index in [1.807, 2.05) is 6.92 Å². The number of carbonyl (C=O) groups is 1. The molecule has 2 N–H and O–H groups in total. The summed E-state index contributed by atoms with van der Waals surface area (Å²) in [5.74, 6) is 1.30. The third-order valence-corrected chi connectivity index (χ3v) is 2.54. The number of Topliss-reactive ketones (excluding diaryl/α,β-unsaturated/α-hetero) is 1. The molecule has 1 aromatic rings. The molecule has 0 aromatic heterocycles. The average molecular weight is 235 g/mol. The Labute approximate surface area is 103 Å². The van der Waals surface area contributed by atoms with E-state index in [9.17, 15) is 4.79 Å². The number of rotatable bonds is 5. The Morgan fingerprint density at radius 1 is 1.35 bits per heavy atom. The van der Waals surface area contributed by atoms with Gasteiger partial charge in [0, 0.05) is 17.3 Å². The van der Waals surface area contributed by atoms with E-state index in [1.165, 1.54) is 6.92 Å². The number of hydrogen-bond acceptors (Lipinski definition) is 3. The van der Waals surface area contributed by atoms with Crippen LogP contribution in [0.1, 0.15) is 44.5 Å². The Morgan fingerprint density at radius 3 is 2.47 bits per heavy atom. The lowest BCUT2D eigenvalue weighted by molar-refractivity contribution is 0.101. The molecular formula is C14H21NO2. The minimum Gasteiger partial charge on any atom is -0.491 e. The molecule has 0 spiro atoms. The third kappa shape index (κ3) is 4.10. The highest BCUT2D eigenvalue weighted by Crippen LogP contribution is 2.22. The standard InChI is InChI=1S/C14H21NO2/c1-9(2)7-10(3)17-12-5-6-13(11(4)16)14(15)8-12/h5-6,8-10H,7,15H2,1-4H3. The molecule has 0 heterocycles. The summed E-state index contributed by atoms with van der Waals surface area (Å²) in [5.41, 5.74) is 6.83. The van der Waals surface area contributed by atoms with Crippen LogP contribution >= 0.6 is 0 Å². The minimum absolute atomic E-state index is 0.0238. The maximum Gasteiger partial charge on any atom is 0.161 e. The van der Waals surface area contributed by atoms with Crippen molar-refractivity contribution >= 4 is 11.5 Å². The summed E-state index contributed by atoms with van der Waals surface area (Å²) in [7, 11) is 0. The highest BCUT2D eigenvalue weighted by atomic mass is 16.5. The van der Waals surface area contributed by atoms with Gasteiger partial charge in [0.25, 0.3) is 0 Å². The third-order valence-electron chi connectivity index (χ3n) is 2.54. The predicted octanol–water partition coefficient (Wildman–Crippen LogP) is 3.28. The molecule has 0 saturated heterocycles. The van der Waals surface area contributed by atoms with Crippen molar-refractivity contribution < 1.29 is 9.53 Å². The van der Waals surface area contributed by atoms with E-state index < -0.39 is 0 Å². The summed E-state index contributed by atoms with van der Waals surface area (Å²) in [4.78, 5) is 11.2. The fourth-order valence-corrected chi connectivity index (χ4v) is 1.88. The number of nitrogen functional groups attached to an aromatic ring is 1. The van der Waals surface area contributed by atoms with Crippen molar-refractivity contribution in [1.29, 1.82) is 0 Å². The maximum absolute atomic E-state index is 11.2. The molecular weight excluding hydrogens is 214 g/mol. The lowest BCUT2D eigenvalue weighted by atomic mass is 10.1. The first-order valence-corrected chi connectivity index (χ1v) is 5.97. The summed E-state index contributed by atoms with van der Waals surface area (Å²) in [5, 5.41) is 0. The number of nitrogens with two attached hydrogens (primary N) is 1. The van der Waals surface area contributed by atoms with Crippen molar-refractivity contribution in [3.8, 4) is 5.75 Å². The van der Waals surface area contributed by atoms with Crippen molar-refractivity contribution in [2.75, 3.05) is 5.73 Å². The van der Waals surface area contributed by atoms with Crippen LogP contribution < -0.4 is 10.5 Å². The molecule has 17 heavy (non-hydrogen) atoms. The van der Waals surface area contributed by atoms with E-state index in [4.69, 9.17) is 10.5 Å². The smallest absolute Gasteiger partial charge is 0.161 e. The van der Waals surface area contributed by atoms with Gasteiger partial charge < -0.3 is 10.5 Å². The fraction of sp³-hybridized carbons (Fsp3) is 0.500. The number of benzene rings is 1. The van der Waals surface area contributed by atoms with E-state index in [0.29, 0.717) is 17.2 Å². The van der Waals surface area contributed by atoms with E-state index in [1.54, 1.807) is 18.2 Å². The van der Waals surface area contributed by atoms with Crippen molar-refractivity contribution in [3.63, 3.8) is 0 Å². The monoisotopic (exact) mass is 235 g/mol. The summed E-state index contributed by atoms with van der Waals surface area (Å²) in [6, 6.07) is 5.23. The zero-order valence-electron chi connectivity index (χ0n) is 11.0. The lowest BCUT2D eigenvalue weighted by Gasteiger charge is -2.17. The summed E-state index contributed by atoms with van der Waals surface area (Å²) in [6.45, 7) is 7.86. The Morgan fingerprint density at radius 2 is 2.00 bits per heavy atom. The van der Waals surface area contributed by atoms with Crippen LogP contribution in [0.3, 0.4) is 0 Å². The second-order valence-electron chi connectivity index (χ2n) is 4.86. The van der Waals surface area contributed by atoms with Gasteiger partial charge in [-0.1, -0.05) is 13.8 Å². The molecule has 1 atom stereocenters. The number of ketones is 1. The van der Waals surface area contributed by atoms with E-state index in [0.717, 1.165) is 12.2 Å². The van der Waals surface area contributed by atoms with Crippen LogP contribution in [-0.2, 0) is 0 Å². The van der Waals surface area contributed by atoms with Gasteiger partial charge in [0.1, 0.15) is 5.75 Å². The predicted molar refractivity (Wildman–Crippen MR) is 70.4 cm³/mol. The zero-order valence-corrected chi connectivity index (χ0v) is 11.0. The first kappa shape index (κ1) is 13.6. The van der Waals surface area contributed by atoms with Crippen LogP contribution in [0.4, 0.5) is 5.69 Å². The SMILES string of the molecule is CC(=O)c1ccc(OC(C)CC(C)C)cc1N. The normalized spacial score (nSPS) is 12.5. The molecule has 0 radical (unpaired) electrons. The molecule has 0 aliphatic heterocycles. The van der Waals surface area contributed by atoms with Crippen LogP contribution in [0.15, 0.2) is 18.2 Å². The van der Waals surface area contributed by atoms with Gasteiger partial charge in [0.2, 0.25) is 0 Å². The number of hydrogen-bond donors (Lipinski definition) is 1. The molecule has 3 nitrogen and oxygen atoms in total. The van der Waals surface area contributed by atoms with Gasteiger partial charge in [-0.25, -0.2) is 0 Å². The van der Waals surface area contributed by atoms with Gasteiger partial charge >= 0.3 is 0 Å². The van der Waals surface area contributed by atoms with E-state index in [2.05, 4.69) is 13.8 Å². The minimum atomic E-state index is -0.0238. The second kappa shape index (κ2) is 5.71. The van der Waals surface area contributed by atoms with Crippen molar-refractivity contribution in [3.05, 3.63) is 23.8 Å². The Balaban J connectivity index is 2.74. The molecule has 0 bridgehead atoms. The van der Waals surface area contributed by atoms with E-state index >= 15 is 0 Å². The molecule has 1 rings (SSSR count). The van der Waals surface area contributed by atoms with Crippen molar-refractivity contribution in [2.24, 2.45) is 5.92 Å². The van der Waals surface area contributed by atoms with E-state index in [-0.39, 0.29) is 11.9 Å². The van der Waals surface area contributed by atoms with Crippen molar-refractivity contribution in [2.45, 2.75) is 40.2 Å². The first-order chi connectivity index (χ1) is 7.90. The molecule has 0 amide bonds. The van der Waals surface area contributed by atoms with Crippen LogP contribution in [0.5, 0.6) is 5.75 Å². The summed E-state index contributed by atoms with van der Waals surface area (Å²) >= 11 is 0. The molecule has 94 valence electrons. The second-order valence-corrected chi connectivity index (χ2v) is 4.86. The number of anilines is 1.